The minimum Gasteiger partial charge on any atom is -0.378 e. The minimum atomic E-state index is -0.341. The molecule has 82 valence electrons. The minimum absolute atomic E-state index is 0.0820. The van der Waals surface area contributed by atoms with E-state index in [0.29, 0.717) is 6.42 Å². The molecule has 4 nitrogen and oxygen atoms in total. The molecule has 1 N–H and O–H groups in total. The monoisotopic (exact) mass is 201 g/mol. The maximum absolute atomic E-state index is 11.3. The first-order chi connectivity index (χ1) is 6.47. The highest BCUT2D eigenvalue weighted by Crippen LogP contribution is 2.15. The maximum Gasteiger partial charge on any atom is 0.246 e. The summed E-state index contributed by atoms with van der Waals surface area (Å²) in [6, 6.07) is 0. The summed E-state index contributed by atoms with van der Waals surface area (Å²) in [7, 11) is 0. The van der Waals surface area contributed by atoms with Crippen LogP contribution in [0.1, 0.15) is 40.0 Å². The molecule has 1 aliphatic heterocycles. The molecule has 1 amide bonds. The summed E-state index contributed by atoms with van der Waals surface area (Å²) in [6.07, 6.45) is 2.51. The van der Waals surface area contributed by atoms with Crippen molar-refractivity contribution in [1.29, 1.82) is 0 Å². The van der Waals surface area contributed by atoms with Gasteiger partial charge in [0.2, 0.25) is 5.91 Å². The van der Waals surface area contributed by atoms with Crippen molar-refractivity contribution in [1.82, 2.24) is 5.48 Å². The molecule has 0 aromatic rings. The second-order valence-electron chi connectivity index (χ2n) is 4.58. The predicted molar refractivity (Wildman–Crippen MR) is 52.6 cm³/mol. The van der Waals surface area contributed by atoms with Crippen molar-refractivity contribution in [2.45, 2.75) is 51.7 Å². The van der Waals surface area contributed by atoms with Crippen molar-refractivity contribution in [3.8, 4) is 0 Å². The quantitative estimate of drug-likeness (QED) is 0.702. The molecule has 1 rings (SSSR count). The van der Waals surface area contributed by atoms with E-state index in [1.165, 1.54) is 0 Å². The number of carbonyl (C=O) groups is 1. The lowest BCUT2D eigenvalue weighted by Gasteiger charge is -2.19. The van der Waals surface area contributed by atoms with Crippen molar-refractivity contribution in [3.05, 3.63) is 0 Å². The van der Waals surface area contributed by atoms with Gasteiger partial charge in [-0.2, -0.15) is 0 Å². The average Bonchev–Trinajstić information content (AvgIpc) is 2.52. The van der Waals surface area contributed by atoms with Crippen LogP contribution in [0.15, 0.2) is 0 Å². The smallest absolute Gasteiger partial charge is 0.246 e. The van der Waals surface area contributed by atoms with E-state index in [1.807, 2.05) is 20.8 Å². The summed E-state index contributed by atoms with van der Waals surface area (Å²) in [6.45, 7) is 6.44. The third kappa shape index (κ3) is 4.58. The van der Waals surface area contributed by atoms with Gasteiger partial charge >= 0.3 is 0 Å². The van der Waals surface area contributed by atoms with Crippen LogP contribution in [-0.4, -0.2) is 24.2 Å². The number of rotatable bonds is 3. The Morgan fingerprint density at radius 2 is 2.29 bits per heavy atom. The largest absolute Gasteiger partial charge is 0.378 e. The van der Waals surface area contributed by atoms with Crippen LogP contribution in [0.5, 0.6) is 0 Å². The summed E-state index contributed by atoms with van der Waals surface area (Å²) in [5.74, 6) is -0.105. The molecule has 0 aromatic heterocycles. The fourth-order valence-electron chi connectivity index (χ4n) is 1.26. The van der Waals surface area contributed by atoms with Gasteiger partial charge in [-0.15, -0.1) is 0 Å². The Bertz CT molecular complexity index is 192. The van der Waals surface area contributed by atoms with E-state index >= 15 is 0 Å². The lowest BCUT2D eigenvalue weighted by Crippen LogP contribution is -2.35. The highest BCUT2D eigenvalue weighted by Gasteiger charge is 2.20. The molecule has 0 saturated carbocycles. The Hall–Kier alpha value is -0.610. The molecule has 1 saturated heterocycles. The van der Waals surface area contributed by atoms with Crippen LogP contribution >= 0.6 is 0 Å². The fourth-order valence-corrected chi connectivity index (χ4v) is 1.26. The van der Waals surface area contributed by atoms with Gasteiger partial charge in [0.15, 0.2) is 0 Å². The highest BCUT2D eigenvalue weighted by molar-refractivity contribution is 5.75. The van der Waals surface area contributed by atoms with Crippen LogP contribution in [0.2, 0.25) is 0 Å². The zero-order chi connectivity index (χ0) is 10.6. The molecule has 1 unspecified atom stereocenters. The van der Waals surface area contributed by atoms with Gasteiger partial charge in [0.25, 0.3) is 0 Å². The van der Waals surface area contributed by atoms with Crippen molar-refractivity contribution >= 4 is 5.91 Å². The molecule has 0 aromatic carbocycles. The summed E-state index contributed by atoms with van der Waals surface area (Å²) >= 11 is 0. The SMILES string of the molecule is CC(C)(C)ONC(=O)CC1CCCO1. The Kier molecular flexibility index (Phi) is 3.89. The molecule has 1 fully saturated rings. The third-order valence-electron chi connectivity index (χ3n) is 1.91. The summed E-state index contributed by atoms with van der Waals surface area (Å²) in [5, 5.41) is 0. The number of hydrogen-bond donors (Lipinski definition) is 1. The first kappa shape index (κ1) is 11.5. The number of amides is 1. The van der Waals surface area contributed by atoms with Crippen LogP contribution < -0.4 is 5.48 Å². The summed E-state index contributed by atoms with van der Waals surface area (Å²) in [5.41, 5.74) is 2.09. The molecule has 0 spiro atoms. The van der Waals surface area contributed by atoms with Gasteiger partial charge in [0.05, 0.1) is 18.1 Å². The van der Waals surface area contributed by atoms with Gasteiger partial charge in [-0.25, -0.2) is 5.48 Å². The van der Waals surface area contributed by atoms with Gasteiger partial charge in [-0.3, -0.25) is 9.63 Å². The molecule has 1 aliphatic rings. The second-order valence-corrected chi connectivity index (χ2v) is 4.58. The zero-order valence-corrected chi connectivity index (χ0v) is 9.13. The molecule has 1 atom stereocenters. The number of hydroxylamine groups is 1. The van der Waals surface area contributed by atoms with Crippen LogP contribution in [0.25, 0.3) is 0 Å². The topological polar surface area (TPSA) is 47.6 Å². The van der Waals surface area contributed by atoms with Crippen LogP contribution in [0.3, 0.4) is 0 Å². The Balaban J connectivity index is 2.15. The van der Waals surface area contributed by atoms with Gasteiger partial charge in [-0.05, 0) is 33.6 Å². The van der Waals surface area contributed by atoms with E-state index < -0.39 is 0 Å². The predicted octanol–water partition coefficient (Wildman–Crippen LogP) is 1.40. The van der Waals surface area contributed by atoms with E-state index in [4.69, 9.17) is 9.57 Å². The lowest BCUT2D eigenvalue weighted by molar-refractivity contribution is -0.147. The zero-order valence-electron chi connectivity index (χ0n) is 9.13. The highest BCUT2D eigenvalue weighted by atomic mass is 16.7. The van der Waals surface area contributed by atoms with Gasteiger partial charge in [-0.1, -0.05) is 0 Å². The Labute approximate surface area is 84.9 Å². The molecule has 0 aliphatic carbocycles. The molecule has 0 radical (unpaired) electrons. The van der Waals surface area contributed by atoms with E-state index in [2.05, 4.69) is 5.48 Å². The summed E-state index contributed by atoms with van der Waals surface area (Å²) in [4.78, 5) is 16.5. The van der Waals surface area contributed by atoms with E-state index in [9.17, 15) is 4.79 Å². The van der Waals surface area contributed by atoms with E-state index in [-0.39, 0.29) is 17.6 Å². The lowest BCUT2D eigenvalue weighted by atomic mass is 10.2. The van der Waals surface area contributed by atoms with E-state index in [1.54, 1.807) is 0 Å². The first-order valence-corrected chi connectivity index (χ1v) is 5.06. The maximum atomic E-state index is 11.3. The average molecular weight is 201 g/mol. The number of nitrogens with one attached hydrogen (secondary N) is 1. The summed E-state index contributed by atoms with van der Waals surface area (Å²) < 4.78 is 5.34. The third-order valence-corrected chi connectivity index (χ3v) is 1.91. The van der Waals surface area contributed by atoms with Crippen LogP contribution in [0, 0.1) is 0 Å². The Morgan fingerprint density at radius 1 is 1.57 bits per heavy atom. The number of carbonyl (C=O) groups excluding carboxylic acids is 1. The van der Waals surface area contributed by atoms with Gasteiger partial charge < -0.3 is 4.74 Å². The Morgan fingerprint density at radius 3 is 2.79 bits per heavy atom. The van der Waals surface area contributed by atoms with Gasteiger partial charge in [0.1, 0.15) is 0 Å². The molecule has 14 heavy (non-hydrogen) atoms. The molecule has 4 heteroatoms. The van der Waals surface area contributed by atoms with Crippen LogP contribution in [-0.2, 0) is 14.4 Å². The molecular formula is C10H19NO3. The normalized spacial score (nSPS) is 22.4. The molecule has 1 heterocycles. The molecular weight excluding hydrogens is 182 g/mol. The van der Waals surface area contributed by atoms with Crippen molar-refractivity contribution < 1.29 is 14.4 Å². The van der Waals surface area contributed by atoms with Gasteiger partial charge in [0, 0.05) is 6.61 Å². The van der Waals surface area contributed by atoms with Crippen molar-refractivity contribution in [2.24, 2.45) is 0 Å². The van der Waals surface area contributed by atoms with Crippen LogP contribution in [0.4, 0.5) is 0 Å². The fraction of sp³-hybridized carbons (Fsp3) is 0.900. The number of hydrogen-bond acceptors (Lipinski definition) is 3. The van der Waals surface area contributed by atoms with Crippen molar-refractivity contribution in [2.75, 3.05) is 6.61 Å². The second kappa shape index (κ2) is 4.75. The standard InChI is InChI=1S/C10H19NO3/c1-10(2,3)14-11-9(12)7-8-5-4-6-13-8/h8H,4-7H2,1-3H3,(H,11,12). The molecule has 0 bridgehead atoms. The number of ether oxygens (including phenoxy) is 1. The van der Waals surface area contributed by atoms with E-state index in [0.717, 1.165) is 19.4 Å². The van der Waals surface area contributed by atoms with Crippen molar-refractivity contribution in [3.63, 3.8) is 0 Å². The first-order valence-electron chi connectivity index (χ1n) is 5.06.